The van der Waals surface area contributed by atoms with E-state index in [1.807, 2.05) is 24.3 Å². The summed E-state index contributed by atoms with van der Waals surface area (Å²) in [5.41, 5.74) is 4.20. The molecule has 1 aromatic carbocycles. The topological polar surface area (TPSA) is 102 Å². The van der Waals surface area contributed by atoms with Crippen LogP contribution in [0.1, 0.15) is 12.8 Å². The van der Waals surface area contributed by atoms with Crippen molar-refractivity contribution in [2.24, 2.45) is 11.0 Å². The molecule has 0 atom stereocenters. The van der Waals surface area contributed by atoms with Crippen LogP contribution >= 0.6 is 0 Å². The Hall–Kier alpha value is -3.06. The molecule has 1 fully saturated rings. The summed E-state index contributed by atoms with van der Waals surface area (Å²) in [6.45, 7) is 1.61. The first-order chi connectivity index (χ1) is 11.2. The summed E-state index contributed by atoms with van der Waals surface area (Å²) in [5, 5.41) is 20.9. The molecule has 1 heterocycles. The first kappa shape index (κ1) is 16.3. The van der Waals surface area contributed by atoms with E-state index >= 15 is 0 Å². The number of nitriles is 2. The Balaban J connectivity index is 1.94. The van der Waals surface area contributed by atoms with Gasteiger partial charge < -0.3 is 9.64 Å². The second-order valence-electron chi connectivity index (χ2n) is 5.13. The third kappa shape index (κ3) is 4.21. The lowest BCUT2D eigenvalue weighted by Crippen LogP contribution is -2.36. The van der Waals surface area contributed by atoms with Crippen molar-refractivity contribution in [2.45, 2.75) is 12.8 Å². The Bertz CT molecular complexity index is 645. The molecule has 0 amide bonds. The van der Waals surface area contributed by atoms with E-state index in [1.165, 1.54) is 7.11 Å². The number of piperidine rings is 1. The molecule has 23 heavy (non-hydrogen) atoms. The molecule has 0 radical (unpaired) electrons. The molecule has 0 bridgehead atoms. The second kappa shape index (κ2) is 7.81. The van der Waals surface area contributed by atoms with Crippen LogP contribution in [0, 0.1) is 28.6 Å². The number of carbonyl (C=O) groups is 1. The third-order valence-corrected chi connectivity index (χ3v) is 3.77. The predicted molar refractivity (Wildman–Crippen MR) is 85.7 cm³/mol. The first-order valence-corrected chi connectivity index (χ1v) is 7.24. The highest BCUT2D eigenvalue weighted by Crippen LogP contribution is 2.25. The molecular weight excluding hydrogens is 294 g/mol. The number of hydrogen-bond donors (Lipinski definition) is 1. The highest BCUT2D eigenvalue weighted by Gasteiger charge is 2.25. The summed E-state index contributed by atoms with van der Waals surface area (Å²) < 4.78 is 4.79. The predicted octanol–water partition coefficient (Wildman–Crippen LogP) is 1.89. The third-order valence-electron chi connectivity index (χ3n) is 3.77. The van der Waals surface area contributed by atoms with Gasteiger partial charge in [-0.05, 0) is 37.1 Å². The maximum absolute atomic E-state index is 11.5. The van der Waals surface area contributed by atoms with Crippen LogP contribution in [0.5, 0.6) is 0 Å². The Morgan fingerprint density at radius 1 is 1.26 bits per heavy atom. The van der Waals surface area contributed by atoms with E-state index < -0.39 is 0 Å². The minimum absolute atomic E-state index is 0.0121. The fraction of sp³-hybridized carbons (Fsp3) is 0.375. The van der Waals surface area contributed by atoms with Crippen molar-refractivity contribution >= 4 is 23.1 Å². The van der Waals surface area contributed by atoms with Crippen molar-refractivity contribution in [2.75, 3.05) is 30.5 Å². The van der Waals surface area contributed by atoms with Crippen LogP contribution in [0.2, 0.25) is 0 Å². The van der Waals surface area contributed by atoms with Crippen molar-refractivity contribution in [1.82, 2.24) is 0 Å². The van der Waals surface area contributed by atoms with Gasteiger partial charge in [0.25, 0.3) is 0 Å². The number of esters is 1. The zero-order chi connectivity index (χ0) is 16.7. The van der Waals surface area contributed by atoms with E-state index in [2.05, 4.69) is 15.4 Å². The molecule has 1 aliphatic rings. The Morgan fingerprint density at radius 3 is 2.39 bits per heavy atom. The summed E-state index contributed by atoms with van der Waals surface area (Å²) >= 11 is 0. The summed E-state index contributed by atoms with van der Waals surface area (Å²) in [7, 11) is 1.42. The number of hydrazone groups is 1. The number of ether oxygens (including phenoxy) is 1. The largest absolute Gasteiger partial charge is 0.469 e. The van der Waals surface area contributed by atoms with Crippen LogP contribution in [0.3, 0.4) is 0 Å². The summed E-state index contributed by atoms with van der Waals surface area (Å²) in [4.78, 5) is 13.7. The van der Waals surface area contributed by atoms with Crippen LogP contribution in [-0.2, 0) is 9.53 Å². The van der Waals surface area contributed by atoms with E-state index in [-0.39, 0.29) is 17.6 Å². The van der Waals surface area contributed by atoms with Gasteiger partial charge in [0, 0.05) is 18.8 Å². The van der Waals surface area contributed by atoms with Crippen molar-refractivity contribution in [3.05, 3.63) is 24.3 Å². The first-order valence-electron chi connectivity index (χ1n) is 7.24. The molecule has 1 N–H and O–H groups in total. The van der Waals surface area contributed by atoms with Crippen LogP contribution in [-0.4, -0.2) is 31.9 Å². The second-order valence-corrected chi connectivity index (χ2v) is 5.13. The Kier molecular flexibility index (Phi) is 5.54. The minimum Gasteiger partial charge on any atom is -0.469 e. The van der Waals surface area contributed by atoms with Gasteiger partial charge in [-0.2, -0.15) is 15.6 Å². The van der Waals surface area contributed by atoms with E-state index in [9.17, 15) is 4.79 Å². The van der Waals surface area contributed by atoms with Crippen LogP contribution in [0.25, 0.3) is 0 Å². The van der Waals surface area contributed by atoms with Crippen molar-refractivity contribution in [3.8, 4) is 12.1 Å². The van der Waals surface area contributed by atoms with Crippen LogP contribution in [0.4, 0.5) is 11.4 Å². The number of hydrogen-bond acceptors (Lipinski definition) is 7. The lowest BCUT2D eigenvalue weighted by atomic mass is 9.96. The Morgan fingerprint density at radius 2 is 1.87 bits per heavy atom. The number of carbonyl (C=O) groups excluding carboxylic acids is 1. The van der Waals surface area contributed by atoms with Crippen LogP contribution in [0.15, 0.2) is 29.4 Å². The van der Waals surface area contributed by atoms with Gasteiger partial charge in [-0.15, -0.1) is 0 Å². The molecule has 1 aromatic rings. The summed E-state index contributed by atoms with van der Waals surface area (Å²) in [6, 6.07) is 10.9. The minimum atomic E-state index is -0.223. The van der Waals surface area contributed by atoms with E-state index in [1.54, 1.807) is 12.1 Å². The average molecular weight is 311 g/mol. The van der Waals surface area contributed by atoms with Crippen LogP contribution < -0.4 is 10.3 Å². The van der Waals surface area contributed by atoms with Gasteiger partial charge in [-0.3, -0.25) is 10.2 Å². The molecule has 1 aliphatic heterocycles. The highest BCUT2D eigenvalue weighted by atomic mass is 16.5. The number of nitrogens with one attached hydrogen (secondary N) is 1. The molecule has 0 unspecified atom stereocenters. The molecular formula is C16H17N5O2. The highest BCUT2D eigenvalue weighted by molar-refractivity contribution is 6.10. The maximum Gasteiger partial charge on any atom is 0.308 e. The maximum atomic E-state index is 11.5. The molecule has 2 rings (SSSR count). The average Bonchev–Trinajstić information content (AvgIpc) is 2.62. The van der Waals surface area contributed by atoms with Gasteiger partial charge in [-0.25, -0.2) is 0 Å². The zero-order valence-electron chi connectivity index (χ0n) is 12.8. The van der Waals surface area contributed by atoms with Crippen molar-refractivity contribution in [1.29, 1.82) is 10.5 Å². The van der Waals surface area contributed by atoms with E-state index in [0.29, 0.717) is 5.69 Å². The molecule has 0 saturated carbocycles. The lowest BCUT2D eigenvalue weighted by Gasteiger charge is -2.32. The van der Waals surface area contributed by atoms with Crippen molar-refractivity contribution < 1.29 is 9.53 Å². The van der Waals surface area contributed by atoms with Gasteiger partial charge in [0.05, 0.1) is 18.7 Å². The monoisotopic (exact) mass is 311 g/mol. The van der Waals surface area contributed by atoms with Gasteiger partial charge in [0.2, 0.25) is 5.71 Å². The summed E-state index contributed by atoms with van der Waals surface area (Å²) in [6.07, 6.45) is 1.56. The van der Waals surface area contributed by atoms with Gasteiger partial charge >= 0.3 is 5.97 Å². The van der Waals surface area contributed by atoms with Gasteiger partial charge in [-0.1, -0.05) is 0 Å². The quantitative estimate of drug-likeness (QED) is 0.517. The number of benzene rings is 1. The number of methoxy groups -OCH3 is 1. The van der Waals surface area contributed by atoms with Crippen molar-refractivity contribution in [3.63, 3.8) is 0 Å². The summed E-state index contributed by atoms with van der Waals surface area (Å²) in [5.74, 6) is -0.144. The molecule has 0 spiro atoms. The van der Waals surface area contributed by atoms with E-state index in [4.69, 9.17) is 15.3 Å². The molecule has 7 nitrogen and oxygen atoms in total. The molecule has 1 saturated heterocycles. The molecule has 118 valence electrons. The SMILES string of the molecule is COC(=O)C1CCN(c2ccc(NN=C(C#N)C#N)cc2)CC1. The normalized spacial score (nSPS) is 14.3. The number of anilines is 2. The molecule has 0 aromatic heterocycles. The van der Waals surface area contributed by atoms with Gasteiger partial charge in [0.15, 0.2) is 0 Å². The number of rotatable bonds is 4. The number of nitrogens with zero attached hydrogens (tertiary/aromatic N) is 4. The molecule has 0 aliphatic carbocycles. The van der Waals surface area contributed by atoms with E-state index in [0.717, 1.165) is 31.6 Å². The fourth-order valence-electron chi connectivity index (χ4n) is 2.48. The lowest BCUT2D eigenvalue weighted by molar-refractivity contribution is -0.146. The smallest absolute Gasteiger partial charge is 0.308 e. The fourth-order valence-corrected chi connectivity index (χ4v) is 2.48. The zero-order valence-corrected chi connectivity index (χ0v) is 12.8. The standard InChI is InChI=1S/C16H17N5O2/c1-23-16(22)12-6-8-21(9-7-12)15-4-2-13(3-5-15)19-20-14(10-17)11-18/h2-5,12,19H,6-9H2,1H3. The Labute approximate surface area is 134 Å². The van der Waals surface area contributed by atoms with Gasteiger partial charge in [0.1, 0.15) is 12.1 Å². The molecule has 7 heteroatoms.